The molecule has 2 rings (SSSR count). The molecule has 0 heterocycles. The van der Waals surface area contributed by atoms with E-state index in [1.54, 1.807) is 0 Å². The number of Topliss-reactive ketones (excluding diaryl/α,β-unsaturated/α-hetero) is 1. The zero-order valence-electron chi connectivity index (χ0n) is 10.9. The Morgan fingerprint density at radius 2 is 1.89 bits per heavy atom. The van der Waals surface area contributed by atoms with Gasteiger partial charge in [-0.2, -0.15) is 0 Å². The first-order valence-electron chi connectivity index (χ1n) is 7.15. The summed E-state index contributed by atoms with van der Waals surface area (Å²) < 4.78 is 0. The molecule has 2 fully saturated rings. The van der Waals surface area contributed by atoms with E-state index in [4.69, 9.17) is 5.11 Å². The van der Waals surface area contributed by atoms with Gasteiger partial charge in [-0.25, -0.2) is 0 Å². The Bertz CT molecular complexity index is 302. The fourth-order valence-corrected chi connectivity index (χ4v) is 3.01. The van der Waals surface area contributed by atoms with Crippen molar-refractivity contribution < 1.29 is 14.7 Å². The molecule has 2 aliphatic rings. The van der Waals surface area contributed by atoms with Gasteiger partial charge in [0.1, 0.15) is 5.78 Å². The number of nitrogens with zero attached hydrogens (tertiary/aromatic N) is 1. The van der Waals surface area contributed by atoms with Crippen LogP contribution >= 0.6 is 0 Å². The highest BCUT2D eigenvalue weighted by Crippen LogP contribution is 2.29. The van der Waals surface area contributed by atoms with Crippen molar-refractivity contribution in [3.05, 3.63) is 0 Å². The second kappa shape index (κ2) is 6.32. The van der Waals surface area contributed by atoms with Gasteiger partial charge in [0.25, 0.3) is 0 Å². The summed E-state index contributed by atoms with van der Waals surface area (Å²) in [7, 11) is 0. The minimum atomic E-state index is -0.0712. The number of hydrogen-bond acceptors (Lipinski definition) is 3. The van der Waals surface area contributed by atoms with Crippen LogP contribution in [-0.4, -0.2) is 40.9 Å². The molecule has 2 aliphatic carbocycles. The van der Waals surface area contributed by atoms with Crippen molar-refractivity contribution in [3.63, 3.8) is 0 Å². The van der Waals surface area contributed by atoms with E-state index in [2.05, 4.69) is 0 Å². The molecule has 0 unspecified atom stereocenters. The molecular weight excluding hydrogens is 230 g/mol. The van der Waals surface area contributed by atoms with Crippen molar-refractivity contribution in [2.24, 2.45) is 5.92 Å². The second-order valence-electron chi connectivity index (χ2n) is 5.54. The molecule has 1 N–H and O–H groups in total. The predicted molar refractivity (Wildman–Crippen MR) is 68.0 cm³/mol. The van der Waals surface area contributed by atoms with E-state index in [-0.39, 0.29) is 24.2 Å². The fraction of sp³-hybridized carbons (Fsp3) is 0.857. The average Bonchev–Trinajstić information content (AvgIpc) is 2.36. The molecule has 0 radical (unpaired) electrons. The number of carbonyl (C=O) groups is 2. The van der Waals surface area contributed by atoms with Crippen LogP contribution in [0, 0.1) is 5.92 Å². The molecule has 0 atom stereocenters. The van der Waals surface area contributed by atoms with Gasteiger partial charge in [0.05, 0.1) is 5.92 Å². The third kappa shape index (κ3) is 3.10. The molecule has 0 aromatic rings. The summed E-state index contributed by atoms with van der Waals surface area (Å²) in [6.45, 7) is 0.769. The van der Waals surface area contributed by atoms with Gasteiger partial charge in [-0.1, -0.05) is 19.3 Å². The highest BCUT2D eigenvalue weighted by molar-refractivity contribution is 5.96. The molecule has 0 saturated heterocycles. The summed E-state index contributed by atoms with van der Waals surface area (Å²) in [5.74, 6) is 0.284. The number of aliphatic hydroxyl groups is 1. The van der Waals surface area contributed by atoms with E-state index in [1.807, 2.05) is 4.90 Å². The van der Waals surface area contributed by atoms with E-state index >= 15 is 0 Å². The molecule has 0 bridgehead atoms. The standard InChI is InChI=1S/C14H23NO3/c16-8-4-7-15(12-5-2-1-3-6-12)14(18)11-9-13(17)10-11/h11-12,16H,1-10H2. The number of aliphatic hydroxyl groups excluding tert-OH is 1. The number of carbonyl (C=O) groups excluding carboxylic acids is 2. The van der Waals surface area contributed by atoms with Crippen molar-refractivity contribution in [1.29, 1.82) is 0 Å². The van der Waals surface area contributed by atoms with E-state index in [1.165, 1.54) is 19.3 Å². The highest BCUT2D eigenvalue weighted by Gasteiger charge is 2.37. The van der Waals surface area contributed by atoms with E-state index in [0.29, 0.717) is 31.8 Å². The Morgan fingerprint density at radius 1 is 1.22 bits per heavy atom. The molecule has 0 aliphatic heterocycles. The van der Waals surface area contributed by atoms with Gasteiger partial charge in [-0.3, -0.25) is 9.59 Å². The van der Waals surface area contributed by atoms with Crippen LogP contribution in [-0.2, 0) is 9.59 Å². The van der Waals surface area contributed by atoms with Gasteiger partial charge in [0, 0.05) is 32.0 Å². The molecule has 4 nitrogen and oxygen atoms in total. The Hall–Kier alpha value is -0.900. The monoisotopic (exact) mass is 253 g/mol. The first-order chi connectivity index (χ1) is 8.72. The van der Waals surface area contributed by atoms with Gasteiger partial charge < -0.3 is 10.0 Å². The molecular formula is C14H23NO3. The molecule has 2 saturated carbocycles. The van der Waals surface area contributed by atoms with E-state index < -0.39 is 0 Å². The lowest BCUT2D eigenvalue weighted by Gasteiger charge is -2.38. The topological polar surface area (TPSA) is 57.6 Å². The summed E-state index contributed by atoms with van der Waals surface area (Å²) in [6.07, 6.45) is 7.32. The average molecular weight is 253 g/mol. The maximum atomic E-state index is 12.4. The van der Waals surface area contributed by atoms with E-state index in [0.717, 1.165) is 12.8 Å². The number of amides is 1. The first kappa shape index (κ1) is 13.5. The van der Waals surface area contributed by atoms with Crippen molar-refractivity contribution in [1.82, 2.24) is 4.90 Å². The van der Waals surface area contributed by atoms with Gasteiger partial charge in [-0.05, 0) is 19.3 Å². The van der Waals surface area contributed by atoms with Crippen molar-refractivity contribution in [2.75, 3.05) is 13.2 Å². The van der Waals surface area contributed by atoms with Gasteiger partial charge in [-0.15, -0.1) is 0 Å². The first-order valence-corrected chi connectivity index (χ1v) is 7.15. The molecule has 102 valence electrons. The van der Waals surface area contributed by atoms with Crippen LogP contribution in [0.2, 0.25) is 0 Å². The SMILES string of the molecule is O=C1CC(C(=O)N(CCCO)C2CCCCC2)C1. The highest BCUT2D eigenvalue weighted by atomic mass is 16.3. The third-order valence-electron chi connectivity index (χ3n) is 4.15. The minimum absolute atomic E-state index is 0.0712. The Morgan fingerprint density at radius 3 is 2.44 bits per heavy atom. The summed E-state index contributed by atoms with van der Waals surface area (Å²) in [5, 5.41) is 8.96. The number of rotatable bonds is 5. The summed E-state index contributed by atoms with van der Waals surface area (Å²) in [6, 6.07) is 0.341. The van der Waals surface area contributed by atoms with Crippen LogP contribution in [0.1, 0.15) is 51.4 Å². The lowest BCUT2D eigenvalue weighted by molar-refractivity contribution is -0.147. The maximum Gasteiger partial charge on any atom is 0.226 e. The third-order valence-corrected chi connectivity index (χ3v) is 4.15. The normalized spacial score (nSPS) is 21.7. The minimum Gasteiger partial charge on any atom is -0.396 e. The second-order valence-corrected chi connectivity index (χ2v) is 5.54. The van der Waals surface area contributed by atoms with Crippen LogP contribution < -0.4 is 0 Å². The smallest absolute Gasteiger partial charge is 0.226 e. The Labute approximate surface area is 108 Å². The molecule has 4 heteroatoms. The van der Waals surface area contributed by atoms with Crippen molar-refractivity contribution in [3.8, 4) is 0 Å². The summed E-state index contributed by atoms with van der Waals surface area (Å²) in [4.78, 5) is 25.3. The van der Waals surface area contributed by atoms with Gasteiger partial charge >= 0.3 is 0 Å². The zero-order chi connectivity index (χ0) is 13.0. The molecule has 0 spiro atoms. The Kier molecular flexibility index (Phi) is 4.75. The lowest BCUT2D eigenvalue weighted by Crippen LogP contribution is -2.48. The zero-order valence-corrected chi connectivity index (χ0v) is 10.9. The predicted octanol–water partition coefficient (Wildman–Crippen LogP) is 1.51. The maximum absolute atomic E-state index is 12.4. The quantitative estimate of drug-likeness (QED) is 0.808. The molecule has 1 amide bonds. The van der Waals surface area contributed by atoms with Crippen molar-refractivity contribution >= 4 is 11.7 Å². The molecule has 0 aromatic carbocycles. The Balaban J connectivity index is 1.94. The lowest BCUT2D eigenvalue weighted by atomic mass is 9.82. The van der Waals surface area contributed by atoms with E-state index in [9.17, 15) is 9.59 Å². The largest absolute Gasteiger partial charge is 0.396 e. The summed E-state index contributed by atoms with van der Waals surface area (Å²) in [5.41, 5.74) is 0. The van der Waals surface area contributed by atoms with Gasteiger partial charge in [0.2, 0.25) is 5.91 Å². The van der Waals surface area contributed by atoms with Crippen LogP contribution in [0.15, 0.2) is 0 Å². The van der Waals surface area contributed by atoms with Crippen molar-refractivity contribution in [2.45, 2.75) is 57.4 Å². The van der Waals surface area contributed by atoms with Crippen LogP contribution in [0.4, 0.5) is 0 Å². The summed E-state index contributed by atoms with van der Waals surface area (Å²) >= 11 is 0. The number of hydrogen-bond donors (Lipinski definition) is 1. The van der Waals surface area contributed by atoms with Gasteiger partial charge in [0.15, 0.2) is 0 Å². The van der Waals surface area contributed by atoms with Crippen LogP contribution in [0.3, 0.4) is 0 Å². The molecule has 0 aromatic heterocycles. The van der Waals surface area contributed by atoms with Crippen LogP contribution in [0.5, 0.6) is 0 Å². The molecule has 18 heavy (non-hydrogen) atoms. The number of ketones is 1. The van der Waals surface area contributed by atoms with Crippen LogP contribution in [0.25, 0.3) is 0 Å². The fourth-order valence-electron chi connectivity index (χ4n) is 3.01.